The van der Waals surface area contributed by atoms with Crippen LogP contribution in [0.3, 0.4) is 0 Å². The normalized spacial score (nSPS) is 11.8. The first-order valence-electron chi connectivity index (χ1n) is 21.2. The lowest BCUT2D eigenvalue weighted by Crippen LogP contribution is -2.29. The molecule has 0 aliphatic rings. The second-order valence-electron chi connectivity index (χ2n) is 16.1. The Morgan fingerprint density at radius 1 is 0.704 bits per heavy atom. The van der Waals surface area contributed by atoms with Crippen molar-refractivity contribution in [3.05, 3.63) is 148 Å². The molecule has 0 fully saturated rings. The van der Waals surface area contributed by atoms with Crippen molar-refractivity contribution in [2.75, 3.05) is 24.2 Å². The summed E-state index contributed by atoms with van der Waals surface area (Å²) < 4.78 is 89.4. The Morgan fingerprint density at radius 3 is 1.87 bits per heavy atom. The van der Waals surface area contributed by atoms with Gasteiger partial charge in [-0.2, -0.15) is 61.2 Å². The number of amides is 3. The van der Waals surface area contributed by atoms with Crippen LogP contribution in [0.5, 0.6) is 0 Å². The van der Waals surface area contributed by atoms with Gasteiger partial charge in [0.2, 0.25) is 0 Å². The average molecular weight is 994 g/mol. The van der Waals surface area contributed by atoms with E-state index >= 15 is 0 Å². The number of anilines is 2. The van der Waals surface area contributed by atoms with Crippen molar-refractivity contribution in [2.24, 2.45) is 7.05 Å². The summed E-state index contributed by atoms with van der Waals surface area (Å²) in [6, 6.07) is 18.6. The molecular formula is C46H37F6N15O3S. The monoisotopic (exact) mass is 993 g/mol. The van der Waals surface area contributed by atoms with Crippen LogP contribution in [0.15, 0.2) is 103 Å². The Morgan fingerprint density at radius 2 is 1.31 bits per heavy atom. The van der Waals surface area contributed by atoms with Gasteiger partial charge in [0.05, 0.1) is 28.2 Å². The third-order valence-corrected chi connectivity index (χ3v) is 11.8. The van der Waals surface area contributed by atoms with Gasteiger partial charge in [-0.15, -0.1) is 11.3 Å². The molecule has 25 heteroatoms. The number of carbonyl (C=O) groups excluding carboxylic acids is 3. The lowest BCUT2D eigenvalue weighted by Gasteiger charge is -2.15. The third kappa shape index (κ3) is 10.1. The summed E-state index contributed by atoms with van der Waals surface area (Å²) in [6.07, 6.45) is -6.42. The minimum atomic E-state index is -4.81. The summed E-state index contributed by atoms with van der Waals surface area (Å²) in [5.41, 5.74) is -0.486. The van der Waals surface area contributed by atoms with E-state index in [-0.39, 0.29) is 69.1 Å². The molecular weight excluding hydrogens is 957 g/mol. The van der Waals surface area contributed by atoms with Gasteiger partial charge in [0, 0.05) is 103 Å². The van der Waals surface area contributed by atoms with Crippen LogP contribution in [0, 0.1) is 13.8 Å². The van der Waals surface area contributed by atoms with Crippen molar-refractivity contribution in [1.82, 2.24) is 64.6 Å². The zero-order valence-electron chi connectivity index (χ0n) is 37.5. The number of likely N-dealkylation sites (N-methyl/N-ethyl adjacent to an activating group) is 1. The summed E-state index contributed by atoms with van der Waals surface area (Å²) in [4.78, 5) is 51.4. The molecule has 71 heavy (non-hydrogen) atoms. The number of aromatic nitrogens is 12. The number of rotatable bonds is 13. The average Bonchev–Trinajstić information content (AvgIpc) is 4.22. The fraction of sp³-hybridized carbons (Fsp3) is 0.174. The number of nitrogens with zero attached hydrogens (tertiary/aromatic N) is 11. The SMILES string of the molecule is Cc1cc(-n2nc(C(=O)N(C)CCc3csc(-c4cc(C(=O)Nc5cc(-c6ccccn6)nn5-c5cc(C)[nH]n5)ccc4C(F)(F)F)n3)cc2NC(=O)c2ccc(C(F)(F)F)c(-c3ccn(C)n3)c2)n[nH]1. The van der Waals surface area contributed by atoms with Gasteiger partial charge >= 0.3 is 12.4 Å². The first kappa shape index (κ1) is 47.3. The van der Waals surface area contributed by atoms with E-state index in [0.717, 1.165) is 47.7 Å². The molecule has 0 spiro atoms. The Bertz CT molecular complexity index is 3460. The van der Waals surface area contributed by atoms with Gasteiger partial charge < -0.3 is 15.5 Å². The number of alkyl halides is 6. The first-order chi connectivity index (χ1) is 33.8. The van der Waals surface area contributed by atoms with Crippen molar-refractivity contribution in [3.8, 4) is 44.9 Å². The summed E-state index contributed by atoms with van der Waals surface area (Å²) in [5.74, 6) is -1.51. The Labute approximate surface area is 401 Å². The van der Waals surface area contributed by atoms with Gasteiger partial charge in [0.25, 0.3) is 17.7 Å². The number of pyridine rings is 1. The molecule has 0 saturated carbocycles. The van der Waals surface area contributed by atoms with E-state index in [0.29, 0.717) is 34.3 Å². The van der Waals surface area contributed by atoms with Crippen LogP contribution in [-0.4, -0.2) is 95.9 Å². The minimum Gasteiger partial charge on any atom is -0.340 e. The number of hydrogen-bond acceptors (Lipinski definition) is 11. The van der Waals surface area contributed by atoms with Crippen molar-refractivity contribution in [3.63, 3.8) is 0 Å². The Kier molecular flexibility index (Phi) is 12.4. The second kappa shape index (κ2) is 18.6. The van der Waals surface area contributed by atoms with E-state index < -0.39 is 41.2 Å². The van der Waals surface area contributed by atoms with Crippen molar-refractivity contribution in [2.45, 2.75) is 32.6 Å². The molecule has 3 amide bonds. The number of carbonyl (C=O) groups is 3. The van der Waals surface area contributed by atoms with Crippen LogP contribution < -0.4 is 10.6 Å². The van der Waals surface area contributed by atoms with Crippen molar-refractivity contribution in [1.29, 1.82) is 0 Å². The molecule has 0 aliphatic heterocycles. The molecule has 0 saturated heterocycles. The molecule has 18 nitrogen and oxygen atoms in total. The van der Waals surface area contributed by atoms with Crippen LogP contribution >= 0.6 is 11.3 Å². The number of thiazole rings is 1. The maximum atomic E-state index is 14.5. The number of benzene rings is 2. The van der Waals surface area contributed by atoms with Crippen molar-refractivity contribution >= 4 is 40.7 Å². The van der Waals surface area contributed by atoms with E-state index in [4.69, 9.17) is 0 Å². The molecule has 0 radical (unpaired) electrons. The van der Waals surface area contributed by atoms with E-state index in [9.17, 15) is 40.7 Å². The van der Waals surface area contributed by atoms with E-state index in [2.05, 4.69) is 56.3 Å². The lowest BCUT2D eigenvalue weighted by atomic mass is 10.0. The predicted molar refractivity (Wildman–Crippen MR) is 247 cm³/mol. The Hall–Kier alpha value is -8.74. The highest BCUT2D eigenvalue weighted by molar-refractivity contribution is 7.13. The molecule has 0 aliphatic carbocycles. The molecule has 7 heterocycles. The number of H-pyrrole nitrogens is 2. The fourth-order valence-corrected chi connectivity index (χ4v) is 8.26. The molecule has 0 atom stereocenters. The number of hydrogen-bond donors (Lipinski definition) is 4. The van der Waals surface area contributed by atoms with Gasteiger partial charge in [-0.1, -0.05) is 6.07 Å². The molecule has 2 aromatic carbocycles. The standard InChI is InChI=1S/C46H37F6N15O3S/c1-24-17-39(59-57-24)66-37(21-35(62-66)34-7-5-6-14-53-34)55-42(69)27-9-11-32(46(50,51)52)30(20-27)43-54-28(23-71-43)12-15-64(3)44(70)36-22-38(67(63-36)40-18-25(2)58-60-40)56-41(68)26-8-10-31(45(47,48)49)29(19-26)33-13-16-65(4)61-33/h5-11,13-14,16-23H,12,15H2,1-4H3,(H,55,69)(H,56,68)(H,57,59)(H,58,60). The van der Waals surface area contributed by atoms with Crippen molar-refractivity contribution < 1.29 is 40.7 Å². The fourth-order valence-electron chi connectivity index (χ4n) is 7.37. The summed E-state index contributed by atoms with van der Waals surface area (Å²) in [5, 5.41) is 33.9. The molecule has 9 aromatic rings. The number of halogens is 6. The molecule has 0 unspecified atom stereocenters. The molecule has 4 N–H and O–H groups in total. The van der Waals surface area contributed by atoms with Gasteiger partial charge in [0.1, 0.15) is 22.3 Å². The number of aryl methyl sites for hydroxylation is 3. The van der Waals surface area contributed by atoms with Gasteiger partial charge in [-0.05, 0) is 68.4 Å². The van der Waals surface area contributed by atoms with Gasteiger partial charge in [0.15, 0.2) is 17.3 Å². The number of nitrogens with one attached hydrogen (secondary N) is 4. The highest BCUT2D eigenvalue weighted by Crippen LogP contribution is 2.40. The quantitative estimate of drug-likeness (QED) is 0.0808. The van der Waals surface area contributed by atoms with E-state index in [1.165, 1.54) is 44.3 Å². The minimum absolute atomic E-state index is 0.00402. The summed E-state index contributed by atoms with van der Waals surface area (Å²) in [6.45, 7) is 3.50. The zero-order valence-corrected chi connectivity index (χ0v) is 38.4. The van der Waals surface area contributed by atoms with Crippen LogP contribution in [0.1, 0.15) is 59.4 Å². The molecule has 7 aromatic heterocycles. The Balaban J connectivity index is 0.927. The van der Waals surface area contributed by atoms with Crippen LogP contribution in [-0.2, 0) is 25.8 Å². The van der Waals surface area contributed by atoms with Crippen LogP contribution in [0.2, 0.25) is 0 Å². The second-order valence-corrected chi connectivity index (χ2v) is 17.0. The largest absolute Gasteiger partial charge is 0.417 e. The van der Waals surface area contributed by atoms with Crippen LogP contribution in [0.25, 0.3) is 44.9 Å². The van der Waals surface area contributed by atoms with Crippen LogP contribution in [0.4, 0.5) is 38.0 Å². The van der Waals surface area contributed by atoms with E-state index in [1.54, 1.807) is 68.9 Å². The summed E-state index contributed by atoms with van der Waals surface area (Å²) in [7, 11) is 3.01. The third-order valence-electron chi connectivity index (χ3n) is 10.9. The first-order valence-corrected chi connectivity index (χ1v) is 22.1. The molecule has 362 valence electrons. The number of aromatic amines is 2. The predicted octanol–water partition coefficient (Wildman–Crippen LogP) is 8.56. The highest BCUT2D eigenvalue weighted by atomic mass is 32.1. The molecule has 9 rings (SSSR count). The maximum Gasteiger partial charge on any atom is 0.417 e. The van der Waals surface area contributed by atoms with Gasteiger partial charge in [-0.3, -0.25) is 34.2 Å². The highest BCUT2D eigenvalue weighted by Gasteiger charge is 2.36. The topological polar surface area (TPSA) is 215 Å². The lowest BCUT2D eigenvalue weighted by molar-refractivity contribution is -0.137. The van der Waals surface area contributed by atoms with E-state index in [1.807, 2.05) is 0 Å². The smallest absolute Gasteiger partial charge is 0.340 e. The summed E-state index contributed by atoms with van der Waals surface area (Å²) >= 11 is 0.923. The zero-order chi connectivity index (χ0) is 50.4. The maximum absolute atomic E-state index is 14.5. The molecule has 0 bridgehead atoms. The van der Waals surface area contributed by atoms with Gasteiger partial charge in [-0.25, -0.2) is 4.98 Å².